The van der Waals surface area contributed by atoms with Crippen molar-refractivity contribution < 1.29 is 23.5 Å². The molecule has 2 fully saturated rings. The van der Waals surface area contributed by atoms with Crippen LogP contribution in [0.25, 0.3) is 0 Å². The molecule has 7 nitrogen and oxygen atoms in total. The molecule has 1 aromatic heterocycles. The van der Waals surface area contributed by atoms with E-state index >= 15 is 0 Å². The maximum Gasteiger partial charge on any atom is 0.331 e. The number of rotatable bonds is 11. The summed E-state index contributed by atoms with van der Waals surface area (Å²) in [6.07, 6.45) is 5.24. The quantitative estimate of drug-likeness (QED) is 0.553. The van der Waals surface area contributed by atoms with Crippen LogP contribution in [-0.2, 0) is 9.53 Å². The zero-order chi connectivity index (χ0) is 21.6. The van der Waals surface area contributed by atoms with Gasteiger partial charge in [0.25, 0.3) is 5.91 Å². The normalized spacial score (nSPS) is 16.4. The Labute approximate surface area is 177 Å². The van der Waals surface area contributed by atoms with Gasteiger partial charge >= 0.3 is 5.97 Å². The van der Waals surface area contributed by atoms with Crippen LogP contribution < -0.4 is 15.0 Å². The van der Waals surface area contributed by atoms with Gasteiger partial charge in [-0.3, -0.25) is 4.79 Å². The van der Waals surface area contributed by atoms with Crippen molar-refractivity contribution in [3.8, 4) is 5.88 Å². The number of halogens is 1. The number of carbonyl (C=O) groups excluding carboxylic acids is 2. The molecule has 8 heteroatoms. The largest absolute Gasteiger partial charge is 0.476 e. The molecule has 0 bridgehead atoms. The molecule has 1 aromatic rings. The maximum atomic E-state index is 13.0. The average Bonchev–Trinajstić information content (AvgIpc) is 3.45. The zero-order valence-corrected chi connectivity index (χ0v) is 17.9. The van der Waals surface area contributed by atoms with E-state index in [2.05, 4.69) is 15.2 Å². The molecular formula is C22H32FN3O4. The third-order valence-electron chi connectivity index (χ3n) is 5.93. The van der Waals surface area contributed by atoms with Gasteiger partial charge in [0, 0.05) is 13.1 Å². The Morgan fingerprint density at radius 2 is 1.93 bits per heavy atom. The van der Waals surface area contributed by atoms with Gasteiger partial charge in [-0.05, 0) is 56.6 Å². The van der Waals surface area contributed by atoms with Gasteiger partial charge in [-0.25, -0.2) is 14.2 Å². The summed E-state index contributed by atoms with van der Waals surface area (Å²) in [5.74, 6) is -0.0681. The number of nitrogens with zero attached hydrogens (tertiary/aromatic N) is 2. The van der Waals surface area contributed by atoms with Crippen molar-refractivity contribution in [1.29, 1.82) is 0 Å². The monoisotopic (exact) mass is 421 g/mol. The molecule has 1 aliphatic heterocycles. The van der Waals surface area contributed by atoms with E-state index in [1.165, 1.54) is 0 Å². The standard InChI is InChI=1S/C22H32FN3O4/c1-3-22(4-2,21(28)29-14-11-23)25-19(27)17-9-10-18(26-12-5-6-13-26)20(24-17)30-15-16-7-8-16/h9-10,16H,3-8,11-15H2,1-2H3,(H,25,27). The summed E-state index contributed by atoms with van der Waals surface area (Å²) in [5.41, 5.74) is -0.117. The van der Waals surface area contributed by atoms with Gasteiger partial charge < -0.3 is 19.7 Å². The van der Waals surface area contributed by atoms with Crippen LogP contribution in [0.5, 0.6) is 5.88 Å². The van der Waals surface area contributed by atoms with E-state index in [0.717, 1.165) is 44.5 Å². The molecule has 2 heterocycles. The number of aromatic nitrogens is 1. The van der Waals surface area contributed by atoms with Crippen molar-refractivity contribution in [2.45, 2.75) is 57.9 Å². The fourth-order valence-electron chi connectivity index (χ4n) is 3.66. The van der Waals surface area contributed by atoms with E-state index in [1.807, 2.05) is 6.07 Å². The molecular weight excluding hydrogens is 389 g/mol. The number of esters is 1. The van der Waals surface area contributed by atoms with Crippen LogP contribution in [-0.4, -0.2) is 55.4 Å². The fourth-order valence-corrected chi connectivity index (χ4v) is 3.66. The molecule has 3 rings (SSSR count). The van der Waals surface area contributed by atoms with Crippen molar-refractivity contribution >= 4 is 17.6 Å². The summed E-state index contributed by atoms with van der Waals surface area (Å²) >= 11 is 0. The Hall–Kier alpha value is -2.38. The van der Waals surface area contributed by atoms with Crippen LogP contribution in [0, 0.1) is 5.92 Å². The topological polar surface area (TPSA) is 80.8 Å². The van der Waals surface area contributed by atoms with Gasteiger partial charge in [-0.2, -0.15) is 0 Å². The van der Waals surface area contributed by atoms with Crippen molar-refractivity contribution in [2.24, 2.45) is 5.92 Å². The predicted molar refractivity (Wildman–Crippen MR) is 112 cm³/mol. The third-order valence-corrected chi connectivity index (χ3v) is 5.93. The summed E-state index contributed by atoms with van der Waals surface area (Å²) in [6, 6.07) is 3.53. The molecule has 1 amide bonds. The van der Waals surface area contributed by atoms with Crippen LogP contribution in [0.3, 0.4) is 0 Å². The maximum absolute atomic E-state index is 13.0. The van der Waals surface area contributed by atoms with Crippen LogP contribution in [0.15, 0.2) is 12.1 Å². The first-order valence-electron chi connectivity index (χ1n) is 11.0. The Morgan fingerprint density at radius 3 is 2.53 bits per heavy atom. The zero-order valence-electron chi connectivity index (χ0n) is 17.9. The number of carbonyl (C=O) groups is 2. The second kappa shape index (κ2) is 10.1. The number of amides is 1. The third kappa shape index (κ3) is 5.21. The Balaban J connectivity index is 1.79. The van der Waals surface area contributed by atoms with Crippen LogP contribution in [0.4, 0.5) is 10.1 Å². The lowest BCUT2D eigenvalue weighted by molar-refractivity contribution is -0.152. The summed E-state index contributed by atoms with van der Waals surface area (Å²) in [4.78, 5) is 32.2. The van der Waals surface area contributed by atoms with Crippen molar-refractivity contribution in [2.75, 3.05) is 37.9 Å². The van der Waals surface area contributed by atoms with E-state index in [-0.39, 0.29) is 12.3 Å². The van der Waals surface area contributed by atoms with Crippen molar-refractivity contribution in [3.05, 3.63) is 17.8 Å². The van der Waals surface area contributed by atoms with Crippen LogP contribution in [0.2, 0.25) is 0 Å². The molecule has 0 spiro atoms. The van der Waals surface area contributed by atoms with E-state index in [9.17, 15) is 14.0 Å². The summed E-state index contributed by atoms with van der Waals surface area (Å²) in [6.45, 7) is 4.98. The highest BCUT2D eigenvalue weighted by atomic mass is 19.1. The fraction of sp³-hybridized carbons (Fsp3) is 0.682. The lowest BCUT2D eigenvalue weighted by atomic mass is 9.92. The molecule has 1 saturated heterocycles. The molecule has 0 radical (unpaired) electrons. The second-order valence-electron chi connectivity index (χ2n) is 8.04. The number of nitrogens with one attached hydrogen (secondary N) is 1. The first kappa shape index (κ1) is 22.3. The smallest absolute Gasteiger partial charge is 0.331 e. The van der Waals surface area contributed by atoms with E-state index in [1.54, 1.807) is 19.9 Å². The Kier molecular flexibility index (Phi) is 7.50. The molecule has 1 N–H and O–H groups in total. The summed E-state index contributed by atoms with van der Waals surface area (Å²) in [5, 5.41) is 2.78. The lowest BCUT2D eigenvalue weighted by Gasteiger charge is -2.30. The molecule has 1 aliphatic carbocycles. The van der Waals surface area contributed by atoms with E-state index < -0.39 is 24.1 Å². The van der Waals surface area contributed by atoms with Gasteiger partial charge in [0.2, 0.25) is 5.88 Å². The van der Waals surface area contributed by atoms with Gasteiger partial charge in [0.05, 0.1) is 12.3 Å². The average molecular weight is 422 g/mol. The van der Waals surface area contributed by atoms with E-state index in [4.69, 9.17) is 9.47 Å². The van der Waals surface area contributed by atoms with Gasteiger partial charge in [-0.1, -0.05) is 13.8 Å². The molecule has 0 unspecified atom stereocenters. The lowest BCUT2D eigenvalue weighted by Crippen LogP contribution is -2.54. The number of hydrogen-bond donors (Lipinski definition) is 1. The molecule has 2 aliphatic rings. The molecule has 0 aromatic carbocycles. The van der Waals surface area contributed by atoms with Gasteiger partial charge in [0.15, 0.2) is 0 Å². The minimum atomic E-state index is -1.21. The predicted octanol–water partition coefficient (Wildman–Crippen LogP) is 3.27. The van der Waals surface area contributed by atoms with E-state index in [0.29, 0.717) is 31.2 Å². The summed E-state index contributed by atoms with van der Waals surface area (Å²) in [7, 11) is 0. The number of ether oxygens (including phenoxy) is 2. The molecule has 166 valence electrons. The molecule has 1 saturated carbocycles. The van der Waals surface area contributed by atoms with Crippen molar-refractivity contribution in [1.82, 2.24) is 10.3 Å². The Bertz CT molecular complexity index is 744. The van der Waals surface area contributed by atoms with Crippen LogP contribution in [0.1, 0.15) is 62.9 Å². The highest BCUT2D eigenvalue weighted by molar-refractivity contribution is 5.97. The van der Waals surface area contributed by atoms with Crippen LogP contribution >= 0.6 is 0 Å². The minimum absolute atomic E-state index is 0.188. The summed E-state index contributed by atoms with van der Waals surface area (Å²) < 4.78 is 23.4. The second-order valence-corrected chi connectivity index (χ2v) is 8.04. The minimum Gasteiger partial charge on any atom is -0.476 e. The molecule has 0 atom stereocenters. The number of hydrogen-bond acceptors (Lipinski definition) is 6. The number of alkyl halides is 1. The number of anilines is 1. The highest BCUT2D eigenvalue weighted by Crippen LogP contribution is 2.33. The van der Waals surface area contributed by atoms with Crippen molar-refractivity contribution in [3.63, 3.8) is 0 Å². The first-order chi connectivity index (χ1) is 14.5. The first-order valence-corrected chi connectivity index (χ1v) is 11.0. The number of pyridine rings is 1. The Morgan fingerprint density at radius 1 is 1.23 bits per heavy atom. The highest BCUT2D eigenvalue weighted by Gasteiger charge is 2.39. The SMILES string of the molecule is CCC(CC)(NC(=O)c1ccc(N2CCCC2)c(OCC2CC2)n1)C(=O)OCCF. The van der Waals surface area contributed by atoms with Gasteiger partial charge in [-0.15, -0.1) is 0 Å². The molecule has 30 heavy (non-hydrogen) atoms. The van der Waals surface area contributed by atoms with Gasteiger partial charge in [0.1, 0.15) is 24.5 Å².